The van der Waals surface area contributed by atoms with E-state index in [1.165, 1.54) is 0 Å². The average molecular weight is 303 g/mol. The molecule has 0 aliphatic heterocycles. The summed E-state index contributed by atoms with van der Waals surface area (Å²) in [5.41, 5.74) is 0.887. The van der Waals surface area contributed by atoms with Crippen LogP contribution in [0.4, 0.5) is 5.69 Å². The molecule has 0 spiro atoms. The lowest BCUT2D eigenvalue weighted by Gasteiger charge is -2.14. The molecule has 2 N–H and O–H groups in total. The number of hydrogen-bond acceptors (Lipinski definition) is 2. The van der Waals surface area contributed by atoms with Crippen molar-refractivity contribution in [3.8, 4) is 5.75 Å². The Kier molecular flexibility index (Phi) is 5.02. The van der Waals surface area contributed by atoms with Gasteiger partial charge in [0.1, 0.15) is 5.75 Å². The third-order valence-electron chi connectivity index (χ3n) is 1.84. The summed E-state index contributed by atoms with van der Waals surface area (Å²) in [6, 6.07) is 6.00. The molecule has 0 aliphatic rings. The maximum Gasteiger partial charge on any atom is 0.171 e. The zero-order chi connectivity index (χ0) is 12.1. The summed E-state index contributed by atoms with van der Waals surface area (Å²) in [5, 5.41) is 6.83. The van der Waals surface area contributed by atoms with Gasteiger partial charge in [-0.2, -0.15) is 0 Å². The van der Waals surface area contributed by atoms with Crippen LogP contribution in [-0.2, 0) is 0 Å². The molecule has 5 heteroatoms. The molecule has 0 saturated carbocycles. The van der Waals surface area contributed by atoms with E-state index in [1.807, 2.05) is 32.0 Å². The van der Waals surface area contributed by atoms with Crippen LogP contribution < -0.4 is 15.4 Å². The summed E-state index contributed by atoms with van der Waals surface area (Å²) in [5.74, 6) is 0.790. The number of ether oxygens (including phenoxy) is 1. The van der Waals surface area contributed by atoms with Crippen LogP contribution in [0.3, 0.4) is 0 Å². The standard InChI is InChI=1S/C11H15BrN2OS/c1-7(2)13-11(16)14-10-6-8(15-3)4-5-9(10)12/h4-7H,1-3H3,(H2,13,14,16). The van der Waals surface area contributed by atoms with E-state index in [-0.39, 0.29) is 0 Å². The number of halogens is 1. The van der Waals surface area contributed by atoms with Gasteiger partial charge < -0.3 is 15.4 Å². The van der Waals surface area contributed by atoms with E-state index in [0.717, 1.165) is 15.9 Å². The fourth-order valence-electron chi connectivity index (χ4n) is 1.15. The summed E-state index contributed by atoms with van der Waals surface area (Å²) in [6.45, 7) is 4.07. The highest BCUT2D eigenvalue weighted by atomic mass is 79.9. The first kappa shape index (κ1) is 13.3. The van der Waals surface area contributed by atoms with Crippen molar-refractivity contribution in [2.24, 2.45) is 0 Å². The van der Waals surface area contributed by atoms with Gasteiger partial charge in [-0.15, -0.1) is 0 Å². The normalized spacial score (nSPS) is 10.1. The van der Waals surface area contributed by atoms with Crippen molar-refractivity contribution in [3.05, 3.63) is 22.7 Å². The van der Waals surface area contributed by atoms with Gasteiger partial charge >= 0.3 is 0 Å². The first-order valence-electron chi connectivity index (χ1n) is 4.94. The molecular weight excluding hydrogens is 288 g/mol. The molecule has 0 unspecified atom stereocenters. The molecule has 0 radical (unpaired) electrons. The summed E-state index contributed by atoms with van der Waals surface area (Å²) in [4.78, 5) is 0. The first-order chi connectivity index (χ1) is 7.52. The Balaban J connectivity index is 2.75. The smallest absolute Gasteiger partial charge is 0.171 e. The van der Waals surface area contributed by atoms with E-state index in [1.54, 1.807) is 7.11 Å². The Hall–Kier alpha value is -0.810. The van der Waals surface area contributed by atoms with Crippen molar-refractivity contribution in [2.75, 3.05) is 12.4 Å². The molecule has 88 valence electrons. The maximum atomic E-state index is 5.17. The van der Waals surface area contributed by atoms with E-state index >= 15 is 0 Å². The van der Waals surface area contributed by atoms with Crippen molar-refractivity contribution < 1.29 is 4.74 Å². The van der Waals surface area contributed by atoms with Gasteiger partial charge in [-0.05, 0) is 54.1 Å². The predicted molar refractivity (Wildman–Crippen MR) is 75.2 cm³/mol. The third-order valence-corrected chi connectivity index (χ3v) is 2.75. The molecule has 0 fully saturated rings. The molecule has 0 saturated heterocycles. The fourth-order valence-corrected chi connectivity index (χ4v) is 1.84. The Labute approximate surface area is 110 Å². The lowest BCUT2D eigenvalue weighted by molar-refractivity contribution is 0.415. The van der Waals surface area contributed by atoms with Crippen LogP contribution >= 0.6 is 28.1 Å². The van der Waals surface area contributed by atoms with Gasteiger partial charge in [-0.1, -0.05) is 0 Å². The molecule has 0 bridgehead atoms. The molecule has 0 aliphatic carbocycles. The van der Waals surface area contributed by atoms with Crippen molar-refractivity contribution in [1.29, 1.82) is 0 Å². The Morgan fingerprint density at radius 2 is 2.12 bits per heavy atom. The summed E-state index contributed by atoms with van der Waals surface area (Å²) >= 11 is 8.62. The van der Waals surface area contributed by atoms with Gasteiger partial charge in [0.15, 0.2) is 5.11 Å². The second-order valence-electron chi connectivity index (χ2n) is 3.60. The minimum atomic E-state index is 0.310. The number of anilines is 1. The summed E-state index contributed by atoms with van der Waals surface area (Å²) < 4.78 is 6.09. The van der Waals surface area contributed by atoms with Crippen LogP contribution in [0, 0.1) is 0 Å². The van der Waals surface area contributed by atoms with Gasteiger partial charge in [0, 0.05) is 16.6 Å². The Morgan fingerprint density at radius 1 is 1.44 bits per heavy atom. The van der Waals surface area contributed by atoms with Crippen LogP contribution in [0.2, 0.25) is 0 Å². The second kappa shape index (κ2) is 6.06. The van der Waals surface area contributed by atoms with E-state index in [2.05, 4.69) is 26.6 Å². The lowest BCUT2D eigenvalue weighted by Crippen LogP contribution is -2.33. The lowest BCUT2D eigenvalue weighted by atomic mass is 10.3. The average Bonchev–Trinajstić information content (AvgIpc) is 2.20. The molecule has 1 aromatic carbocycles. The zero-order valence-electron chi connectivity index (χ0n) is 9.50. The van der Waals surface area contributed by atoms with Crippen LogP contribution in [0.5, 0.6) is 5.75 Å². The van der Waals surface area contributed by atoms with Gasteiger partial charge in [0.25, 0.3) is 0 Å². The minimum Gasteiger partial charge on any atom is -0.497 e. The van der Waals surface area contributed by atoms with Crippen molar-refractivity contribution in [2.45, 2.75) is 19.9 Å². The molecule has 0 atom stereocenters. The van der Waals surface area contributed by atoms with E-state index < -0.39 is 0 Å². The minimum absolute atomic E-state index is 0.310. The van der Waals surface area contributed by atoms with Gasteiger partial charge in [0.2, 0.25) is 0 Å². The quantitative estimate of drug-likeness (QED) is 0.841. The maximum absolute atomic E-state index is 5.17. The predicted octanol–water partition coefficient (Wildman–Crippen LogP) is 3.15. The van der Waals surface area contributed by atoms with Crippen molar-refractivity contribution in [1.82, 2.24) is 5.32 Å². The molecule has 1 aromatic rings. The van der Waals surface area contributed by atoms with E-state index in [0.29, 0.717) is 11.2 Å². The Morgan fingerprint density at radius 3 is 2.69 bits per heavy atom. The number of thiocarbonyl (C=S) groups is 1. The van der Waals surface area contributed by atoms with Crippen LogP contribution in [0.1, 0.15) is 13.8 Å². The van der Waals surface area contributed by atoms with Crippen LogP contribution in [0.25, 0.3) is 0 Å². The third kappa shape index (κ3) is 3.98. The van der Waals surface area contributed by atoms with Gasteiger partial charge in [-0.3, -0.25) is 0 Å². The largest absolute Gasteiger partial charge is 0.497 e. The van der Waals surface area contributed by atoms with E-state index in [9.17, 15) is 0 Å². The summed E-state index contributed by atoms with van der Waals surface area (Å²) in [6.07, 6.45) is 0. The molecule has 3 nitrogen and oxygen atoms in total. The monoisotopic (exact) mass is 302 g/mol. The number of methoxy groups -OCH3 is 1. The summed E-state index contributed by atoms with van der Waals surface area (Å²) in [7, 11) is 1.64. The highest BCUT2D eigenvalue weighted by Gasteiger charge is 2.04. The van der Waals surface area contributed by atoms with Gasteiger partial charge in [-0.25, -0.2) is 0 Å². The van der Waals surface area contributed by atoms with Crippen LogP contribution in [-0.4, -0.2) is 18.3 Å². The topological polar surface area (TPSA) is 33.3 Å². The molecule has 1 rings (SSSR count). The number of hydrogen-bond donors (Lipinski definition) is 2. The van der Waals surface area contributed by atoms with Crippen molar-refractivity contribution in [3.63, 3.8) is 0 Å². The molecule has 0 aromatic heterocycles. The highest BCUT2D eigenvalue weighted by Crippen LogP contribution is 2.26. The molecule has 0 amide bonds. The number of nitrogens with one attached hydrogen (secondary N) is 2. The zero-order valence-corrected chi connectivity index (χ0v) is 11.9. The Bertz CT molecular complexity index is 382. The number of benzene rings is 1. The SMILES string of the molecule is COc1ccc(Br)c(NC(=S)NC(C)C)c1. The second-order valence-corrected chi connectivity index (χ2v) is 4.86. The van der Waals surface area contributed by atoms with Gasteiger partial charge in [0.05, 0.1) is 12.8 Å². The highest BCUT2D eigenvalue weighted by molar-refractivity contribution is 9.10. The van der Waals surface area contributed by atoms with Crippen molar-refractivity contribution >= 4 is 38.9 Å². The fraction of sp³-hybridized carbons (Fsp3) is 0.364. The molecule has 0 heterocycles. The molecule has 16 heavy (non-hydrogen) atoms. The molecular formula is C11H15BrN2OS. The first-order valence-corrected chi connectivity index (χ1v) is 6.14. The number of rotatable bonds is 3. The van der Waals surface area contributed by atoms with E-state index in [4.69, 9.17) is 17.0 Å². The van der Waals surface area contributed by atoms with Crippen LogP contribution in [0.15, 0.2) is 22.7 Å².